The zero-order chi connectivity index (χ0) is 34.9. The Morgan fingerprint density at radius 3 is 1.36 bits per heavy atom. The Hall–Kier alpha value is -7.10. The number of para-hydroxylation sites is 2. The second-order valence-electron chi connectivity index (χ2n) is 13.8. The number of fused-ring (bicyclic) bond motifs is 8. The van der Waals surface area contributed by atoms with Crippen molar-refractivity contribution in [1.82, 2.24) is 9.13 Å². The molecule has 0 saturated carbocycles. The highest BCUT2D eigenvalue weighted by Crippen LogP contribution is 2.40. The molecule has 3 heterocycles. The van der Waals surface area contributed by atoms with Crippen molar-refractivity contribution in [2.24, 2.45) is 0 Å². The van der Waals surface area contributed by atoms with Gasteiger partial charge in [-0.1, -0.05) is 121 Å². The Balaban J connectivity index is 1.06. The smallest absolute Gasteiger partial charge is 0.161 e. The van der Waals surface area contributed by atoms with E-state index in [9.17, 15) is 0 Å². The third kappa shape index (κ3) is 4.68. The van der Waals surface area contributed by atoms with E-state index in [-0.39, 0.29) is 0 Å². The molecule has 11 aromatic rings. The largest absolute Gasteiger partial charge is 0.454 e. The third-order valence-corrected chi connectivity index (χ3v) is 10.7. The first-order valence-electron chi connectivity index (χ1n) is 18.1. The normalized spacial score (nSPS) is 11.8. The summed E-state index contributed by atoms with van der Waals surface area (Å²) in [4.78, 5) is 0. The SMILES string of the molecule is c1ccc(-c2ccc(-n3c4ccc(-c5ccccc5)cc4c4cc(-c5ccc(-n6c7ccccc7c7oc8ccccc8c76)cc5)ccc43)cc2)cc1. The van der Waals surface area contributed by atoms with Crippen molar-refractivity contribution in [3.8, 4) is 44.8 Å². The van der Waals surface area contributed by atoms with Crippen molar-refractivity contribution in [2.75, 3.05) is 0 Å². The van der Waals surface area contributed by atoms with Gasteiger partial charge in [-0.2, -0.15) is 0 Å². The molecular weight excluding hydrogens is 645 g/mol. The van der Waals surface area contributed by atoms with E-state index in [1.165, 1.54) is 55.2 Å². The van der Waals surface area contributed by atoms with Gasteiger partial charge in [0.05, 0.1) is 16.6 Å². The van der Waals surface area contributed by atoms with E-state index in [2.05, 4.69) is 191 Å². The number of hydrogen-bond acceptors (Lipinski definition) is 1. The van der Waals surface area contributed by atoms with Crippen molar-refractivity contribution in [1.29, 1.82) is 0 Å². The number of aromatic nitrogens is 2. The van der Waals surface area contributed by atoms with E-state index in [0.29, 0.717) is 0 Å². The summed E-state index contributed by atoms with van der Waals surface area (Å²) in [5.74, 6) is 0. The van der Waals surface area contributed by atoms with Gasteiger partial charge >= 0.3 is 0 Å². The van der Waals surface area contributed by atoms with Crippen LogP contribution in [0, 0.1) is 0 Å². The summed E-state index contributed by atoms with van der Waals surface area (Å²) < 4.78 is 11.2. The molecule has 0 radical (unpaired) electrons. The summed E-state index contributed by atoms with van der Waals surface area (Å²) in [5.41, 5.74) is 15.9. The molecule has 0 amide bonds. The van der Waals surface area contributed by atoms with Crippen LogP contribution in [0.25, 0.3) is 99.5 Å². The van der Waals surface area contributed by atoms with E-state index in [1.807, 2.05) is 12.1 Å². The van der Waals surface area contributed by atoms with Crippen molar-refractivity contribution < 1.29 is 4.42 Å². The molecule has 0 saturated heterocycles. The molecule has 53 heavy (non-hydrogen) atoms. The number of benzene rings is 8. The van der Waals surface area contributed by atoms with Gasteiger partial charge in [-0.25, -0.2) is 0 Å². The van der Waals surface area contributed by atoms with E-state index < -0.39 is 0 Å². The molecule has 0 aliphatic heterocycles. The topological polar surface area (TPSA) is 23.0 Å². The molecule has 8 aromatic carbocycles. The highest BCUT2D eigenvalue weighted by atomic mass is 16.3. The minimum absolute atomic E-state index is 0.906. The second-order valence-corrected chi connectivity index (χ2v) is 13.8. The number of rotatable bonds is 5. The Kier molecular flexibility index (Phi) is 6.55. The minimum atomic E-state index is 0.906. The standard InChI is InChI=1S/C50H32N2O/c1-3-11-33(12-4-1)35-19-25-39(26-20-35)51-46-29-23-37(34-13-5-2-6-14-34)31-43(46)44-32-38(24-30-47(44)51)36-21-27-40(28-22-36)52-45-17-9-7-15-41(45)50-49(52)42-16-8-10-18-48(42)53-50/h1-32H. The van der Waals surface area contributed by atoms with E-state index in [1.54, 1.807) is 0 Å². The predicted molar refractivity (Wildman–Crippen MR) is 221 cm³/mol. The van der Waals surface area contributed by atoms with Crippen LogP contribution < -0.4 is 0 Å². The molecular formula is C50H32N2O. The Labute approximate surface area is 306 Å². The minimum Gasteiger partial charge on any atom is -0.454 e. The van der Waals surface area contributed by atoms with E-state index >= 15 is 0 Å². The van der Waals surface area contributed by atoms with Crippen molar-refractivity contribution in [2.45, 2.75) is 0 Å². The fraction of sp³-hybridized carbons (Fsp3) is 0. The maximum absolute atomic E-state index is 6.41. The third-order valence-electron chi connectivity index (χ3n) is 10.7. The summed E-state index contributed by atoms with van der Waals surface area (Å²) in [6.45, 7) is 0. The lowest BCUT2D eigenvalue weighted by atomic mass is 10.00. The second kappa shape index (κ2) is 11.7. The molecule has 3 nitrogen and oxygen atoms in total. The molecule has 0 aliphatic carbocycles. The van der Waals surface area contributed by atoms with Crippen LogP contribution in [0.1, 0.15) is 0 Å². The fourth-order valence-corrected chi connectivity index (χ4v) is 8.21. The molecule has 3 heteroatoms. The van der Waals surface area contributed by atoms with Gasteiger partial charge in [0.1, 0.15) is 11.1 Å². The molecule has 0 N–H and O–H groups in total. The zero-order valence-corrected chi connectivity index (χ0v) is 28.8. The molecule has 0 bridgehead atoms. The van der Waals surface area contributed by atoms with Gasteiger partial charge in [0.15, 0.2) is 5.58 Å². The summed E-state index contributed by atoms with van der Waals surface area (Å²) in [7, 11) is 0. The average Bonchev–Trinajstić information content (AvgIpc) is 3.88. The van der Waals surface area contributed by atoms with Crippen molar-refractivity contribution >= 4 is 54.8 Å². The van der Waals surface area contributed by atoms with Crippen molar-refractivity contribution in [3.63, 3.8) is 0 Å². The molecule has 3 aromatic heterocycles. The fourth-order valence-electron chi connectivity index (χ4n) is 8.21. The Morgan fingerprint density at radius 1 is 0.302 bits per heavy atom. The summed E-state index contributed by atoms with van der Waals surface area (Å²) >= 11 is 0. The van der Waals surface area contributed by atoms with Crippen LogP contribution in [-0.2, 0) is 0 Å². The van der Waals surface area contributed by atoms with Crippen LogP contribution in [0.3, 0.4) is 0 Å². The van der Waals surface area contributed by atoms with Gasteiger partial charge in [0.2, 0.25) is 0 Å². The molecule has 0 aliphatic rings. The zero-order valence-electron chi connectivity index (χ0n) is 28.8. The average molecular weight is 677 g/mol. The van der Waals surface area contributed by atoms with Gasteiger partial charge in [-0.3, -0.25) is 0 Å². The predicted octanol–water partition coefficient (Wildman–Crippen LogP) is 13.6. The molecule has 11 rings (SSSR count). The molecule has 0 unspecified atom stereocenters. The number of furan rings is 1. The van der Waals surface area contributed by atoms with Gasteiger partial charge in [-0.15, -0.1) is 0 Å². The quantitative estimate of drug-likeness (QED) is 0.178. The monoisotopic (exact) mass is 676 g/mol. The van der Waals surface area contributed by atoms with Crippen LogP contribution >= 0.6 is 0 Å². The van der Waals surface area contributed by atoms with Gasteiger partial charge in [0, 0.05) is 32.9 Å². The van der Waals surface area contributed by atoms with E-state index in [4.69, 9.17) is 4.42 Å². The first kappa shape index (κ1) is 29.6. The highest BCUT2D eigenvalue weighted by Gasteiger charge is 2.19. The van der Waals surface area contributed by atoms with Gasteiger partial charge in [0.25, 0.3) is 0 Å². The Morgan fingerprint density at radius 2 is 0.736 bits per heavy atom. The van der Waals surface area contributed by atoms with Crippen LogP contribution in [0.2, 0.25) is 0 Å². The summed E-state index contributed by atoms with van der Waals surface area (Å²) in [5, 5.41) is 4.71. The first-order valence-corrected chi connectivity index (χ1v) is 18.1. The van der Waals surface area contributed by atoms with Crippen LogP contribution in [0.5, 0.6) is 0 Å². The lowest BCUT2D eigenvalue weighted by Gasteiger charge is -2.11. The van der Waals surface area contributed by atoms with Crippen LogP contribution in [-0.4, -0.2) is 9.13 Å². The first-order chi connectivity index (χ1) is 26.3. The highest BCUT2D eigenvalue weighted by molar-refractivity contribution is 6.16. The Bertz CT molecular complexity index is 3120. The van der Waals surface area contributed by atoms with Crippen LogP contribution in [0.15, 0.2) is 199 Å². The summed E-state index contributed by atoms with van der Waals surface area (Å²) in [6, 6.07) is 69.7. The number of hydrogen-bond donors (Lipinski definition) is 0. The molecule has 248 valence electrons. The summed E-state index contributed by atoms with van der Waals surface area (Å²) in [6.07, 6.45) is 0. The maximum Gasteiger partial charge on any atom is 0.161 e. The van der Waals surface area contributed by atoms with E-state index in [0.717, 1.165) is 44.3 Å². The maximum atomic E-state index is 6.41. The molecule has 0 atom stereocenters. The lowest BCUT2D eigenvalue weighted by Crippen LogP contribution is -1.94. The van der Waals surface area contributed by atoms with Gasteiger partial charge < -0.3 is 13.6 Å². The van der Waals surface area contributed by atoms with Crippen LogP contribution in [0.4, 0.5) is 0 Å². The van der Waals surface area contributed by atoms with Crippen molar-refractivity contribution in [3.05, 3.63) is 194 Å². The molecule has 0 fully saturated rings. The van der Waals surface area contributed by atoms with Gasteiger partial charge in [-0.05, 0) is 106 Å². The number of nitrogens with zero attached hydrogens (tertiary/aromatic N) is 2. The molecule has 0 spiro atoms. The lowest BCUT2D eigenvalue weighted by molar-refractivity contribution is 0.673.